The topological polar surface area (TPSA) is 67.8 Å². The lowest BCUT2D eigenvalue weighted by molar-refractivity contribution is -0.139. The monoisotopic (exact) mass is 637 g/mol. The van der Waals surface area contributed by atoms with Crippen LogP contribution in [0.4, 0.5) is 26.3 Å². The number of alkyl halides is 5. The average molecular weight is 639 g/mol. The Morgan fingerprint density at radius 2 is 1.64 bits per heavy atom. The molecule has 232 valence electrons. The zero-order valence-electron chi connectivity index (χ0n) is 24.4. The van der Waals surface area contributed by atoms with Crippen LogP contribution >= 0.6 is 23.2 Å². The lowest BCUT2D eigenvalue weighted by Gasteiger charge is -2.20. The molecule has 0 bridgehead atoms. The summed E-state index contributed by atoms with van der Waals surface area (Å²) in [6, 6.07) is 0.350. The number of Topliss-reactive ketones (excluding diaryl/α,β-unsaturated/α-hetero) is 1. The molecule has 2 rings (SSSR count). The molecule has 0 spiro atoms. The summed E-state index contributed by atoms with van der Waals surface area (Å²) in [6.07, 6.45) is -3.69. The first-order chi connectivity index (χ1) is 19.5. The molecule has 0 aromatic heterocycles. The second kappa shape index (κ2) is 17.2. The summed E-state index contributed by atoms with van der Waals surface area (Å²) >= 11 is 11.8. The van der Waals surface area contributed by atoms with Crippen molar-refractivity contribution in [1.29, 1.82) is 0 Å². The maximum absolute atomic E-state index is 15.2. The van der Waals surface area contributed by atoms with Crippen LogP contribution in [0, 0.1) is 13.8 Å². The summed E-state index contributed by atoms with van der Waals surface area (Å²) in [5.41, 5.74) is 2.83. The van der Waals surface area contributed by atoms with Crippen LogP contribution in [-0.4, -0.2) is 30.9 Å². The number of rotatable bonds is 9. The van der Waals surface area contributed by atoms with Crippen molar-refractivity contribution < 1.29 is 31.1 Å². The van der Waals surface area contributed by atoms with Gasteiger partial charge in [-0.25, -0.2) is 4.39 Å². The van der Waals surface area contributed by atoms with Crippen LogP contribution < -0.4 is 5.73 Å². The van der Waals surface area contributed by atoms with Crippen molar-refractivity contribution in [2.24, 2.45) is 15.7 Å². The molecule has 2 N–H and O–H groups in total. The molecule has 0 fully saturated rings. The molecule has 4 nitrogen and oxygen atoms in total. The quantitative estimate of drug-likeness (QED) is 0.129. The van der Waals surface area contributed by atoms with Gasteiger partial charge in [0, 0.05) is 34.3 Å². The van der Waals surface area contributed by atoms with Crippen molar-refractivity contribution in [1.82, 2.24) is 0 Å². The van der Waals surface area contributed by atoms with Gasteiger partial charge in [-0.3, -0.25) is 20.5 Å². The number of hydrogen-bond acceptors (Lipinski definition) is 4. The van der Waals surface area contributed by atoms with Gasteiger partial charge in [-0.15, -0.1) is 0 Å². The van der Waals surface area contributed by atoms with E-state index >= 15 is 4.39 Å². The zero-order valence-corrected chi connectivity index (χ0v) is 25.9. The minimum atomic E-state index is -4.94. The molecule has 0 amide bonds. The first-order valence-corrected chi connectivity index (χ1v) is 13.7. The standard InChI is InChI=1S/C26H23Cl2F6N3O.2C2H6/c1-5-37-22(12-23(28)36-4)24(38)17-7-6-15(9-19(17)26(33,34)35)21(29)11-18(25(30,31)32)16-8-13(2)14(3)20(27)10-16;2*1-2/h6-12,18H,4-5,35H2,1-3H3;2*1-2H3/b21-11-,23-12-,37-22?;;. The largest absolute Gasteiger partial charge is 0.399 e. The number of hydrogen-bond donors (Lipinski definition) is 1. The van der Waals surface area contributed by atoms with E-state index in [0.29, 0.717) is 17.2 Å². The molecular formula is C30H35Cl2F6N3O. The fourth-order valence-electron chi connectivity index (χ4n) is 3.46. The van der Waals surface area contributed by atoms with Gasteiger partial charge in [-0.05, 0) is 68.5 Å². The Labute approximate surface area is 253 Å². The number of aliphatic imine (C=N–C) groups is 2. The predicted molar refractivity (Wildman–Crippen MR) is 162 cm³/mol. The van der Waals surface area contributed by atoms with E-state index in [1.54, 1.807) is 20.8 Å². The normalized spacial score (nSPS) is 13.4. The highest BCUT2D eigenvalue weighted by Gasteiger charge is 2.40. The molecular weight excluding hydrogens is 603 g/mol. The molecule has 0 aliphatic heterocycles. The van der Waals surface area contributed by atoms with E-state index in [1.807, 2.05) is 27.7 Å². The van der Waals surface area contributed by atoms with E-state index in [2.05, 4.69) is 16.7 Å². The third kappa shape index (κ3) is 10.7. The number of aryl methyl sites for hydroxylation is 1. The third-order valence-electron chi connectivity index (χ3n) is 5.52. The van der Waals surface area contributed by atoms with Crippen LogP contribution in [0.3, 0.4) is 0 Å². The minimum Gasteiger partial charge on any atom is -0.287 e. The maximum atomic E-state index is 15.2. The second-order valence-electron chi connectivity index (χ2n) is 8.18. The fraction of sp³-hybridized carbons (Fsp3) is 0.367. The molecule has 1 unspecified atom stereocenters. The Hall–Kier alpha value is -2.95. The van der Waals surface area contributed by atoms with Crippen molar-refractivity contribution in [3.63, 3.8) is 0 Å². The molecule has 0 aliphatic carbocycles. The molecule has 42 heavy (non-hydrogen) atoms. The second-order valence-corrected chi connectivity index (χ2v) is 8.97. The summed E-state index contributed by atoms with van der Waals surface area (Å²) < 4.78 is 85.5. The van der Waals surface area contributed by atoms with Gasteiger partial charge >= 0.3 is 12.2 Å². The van der Waals surface area contributed by atoms with Gasteiger partial charge in [0.2, 0.25) is 5.78 Å². The minimum absolute atomic E-state index is 0.0568. The van der Waals surface area contributed by atoms with Gasteiger partial charge in [0.05, 0.1) is 0 Å². The Morgan fingerprint density at radius 1 is 1.07 bits per heavy atom. The van der Waals surface area contributed by atoms with Gasteiger partial charge in [0.25, 0.3) is 0 Å². The number of halogens is 8. The van der Waals surface area contributed by atoms with Gasteiger partial charge in [0.15, 0.2) is 0 Å². The van der Waals surface area contributed by atoms with Crippen molar-refractivity contribution in [3.05, 3.63) is 86.0 Å². The van der Waals surface area contributed by atoms with Crippen LogP contribution in [-0.2, 0) is 6.05 Å². The lowest BCUT2D eigenvalue weighted by atomic mass is 9.92. The summed E-state index contributed by atoms with van der Waals surface area (Å²) in [4.78, 5) is 20.3. The molecule has 0 heterocycles. The van der Waals surface area contributed by atoms with Gasteiger partial charge < -0.3 is 0 Å². The number of allylic oxidation sites excluding steroid dienone is 2. The number of ketones is 1. The summed E-state index contributed by atoms with van der Waals surface area (Å²) in [5.74, 6) is -4.94. The third-order valence-corrected chi connectivity index (χ3v) is 6.14. The fourth-order valence-corrected chi connectivity index (χ4v) is 3.84. The SMILES string of the molecule is C=N/C(Cl)=C\C(=NCC)C(=O)c1ccc(/C(F)=C/C(c2cc(C)c(C)c(Cl)c2)C(F)(F)F)cc1C(N)(F)F.CC.CC. The highest BCUT2D eigenvalue weighted by atomic mass is 35.5. The number of carbonyl (C=O) groups excluding carboxylic acids is 1. The number of nitrogens with zero attached hydrogens (tertiary/aromatic N) is 2. The zero-order chi connectivity index (χ0) is 33.0. The van der Waals surface area contributed by atoms with Gasteiger partial charge in [-0.1, -0.05) is 63.0 Å². The number of carbonyl (C=O) groups is 1. The van der Waals surface area contributed by atoms with Crippen LogP contribution in [0.1, 0.15) is 78.7 Å². The highest BCUT2D eigenvalue weighted by molar-refractivity contribution is 6.51. The van der Waals surface area contributed by atoms with Gasteiger partial charge in [-0.2, -0.15) is 22.0 Å². The smallest absolute Gasteiger partial charge is 0.287 e. The Kier molecular flexibility index (Phi) is 16.0. The molecule has 0 saturated heterocycles. The molecule has 0 saturated carbocycles. The van der Waals surface area contributed by atoms with Crippen LogP contribution in [0.15, 0.2) is 57.6 Å². The van der Waals surface area contributed by atoms with Crippen LogP contribution in [0.5, 0.6) is 0 Å². The first-order valence-electron chi connectivity index (χ1n) is 13.0. The van der Waals surface area contributed by atoms with Crippen LogP contribution in [0.25, 0.3) is 5.83 Å². The van der Waals surface area contributed by atoms with E-state index in [1.165, 1.54) is 6.07 Å². The van der Waals surface area contributed by atoms with Crippen molar-refractivity contribution in [2.45, 2.75) is 66.6 Å². The summed E-state index contributed by atoms with van der Waals surface area (Å²) in [5, 5.41) is -0.191. The van der Waals surface area contributed by atoms with E-state index < -0.39 is 46.4 Å². The Bertz CT molecular complexity index is 1310. The molecule has 12 heteroatoms. The van der Waals surface area contributed by atoms with E-state index in [9.17, 15) is 26.7 Å². The van der Waals surface area contributed by atoms with Crippen molar-refractivity contribution >= 4 is 47.2 Å². The lowest BCUT2D eigenvalue weighted by Crippen LogP contribution is -2.29. The predicted octanol–water partition coefficient (Wildman–Crippen LogP) is 10.1. The highest BCUT2D eigenvalue weighted by Crippen LogP contribution is 2.40. The molecule has 2 aromatic carbocycles. The van der Waals surface area contributed by atoms with Crippen LogP contribution in [0.2, 0.25) is 5.02 Å². The van der Waals surface area contributed by atoms with Gasteiger partial charge in [0.1, 0.15) is 22.6 Å². The number of benzene rings is 2. The van der Waals surface area contributed by atoms with E-state index in [4.69, 9.17) is 28.9 Å². The average Bonchev–Trinajstić information content (AvgIpc) is 2.94. The molecule has 0 aliphatic rings. The van der Waals surface area contributed by atoms with E-state index in [0.717, 1.165) is 24.3 Å². The summed E-state index contributed by atoms with van der Waals surface area (Å²) in [6.45, 7) is 16.0. The van der Waals surface area contributed by atoms with Crippen molar-refractivity contribution in [2.75, 3.05) is 6.54 Å². The van der Waals surface area contributed by atoms with E-state index in [-0.39, 0.29) is 34.1 Å². The Morgan fingerprint density at radius 3 is 2.10 bits per heavy atom. The number of nitrogens with two attached hydrogens (primary N) is 1. The maximum Gasteiger partial charge on any atom is 0.399 e. The molecule has 0 radical (unpaired) electrons. The molecule has 1 atom stereocenters. The first kappa shape index (κ1) is 39.1. The summed E-state index contributed by atoms with van der Waals surface area (Å²) in [7, 11) is 0. The Balaban J connectivity index is 0.00000402. The molecule has 2 aromatic rings. The van der Waals surface area contributed by atoms with Crippen molar-refractivity contribution in [3.8, 4) is 0 Å².